The van der Waals surface area contributed by atoms with E-state index in [0.29, 0.717) is 6.04 Å². The number of aromatic nitrogens is 1. The molecule has 0 fully saturated rings. The van der Waals surface area contributed by atoms with Gasteiger partial charge in [0.1, 0.15) is 0 Å². The van der Waals surface area contributed by atoms with Crippen LogP contribution in [0.4, 0.5) is 5.69 Å². The Kier molecular flexibility index (Phi) is 2.24. The quantitative estimate of drug-likeness (QED) is 0.552. The van der Waals surface area contributed by atoms with E-state index < -0.39 is 0 Å². The SMILES string of the molecule is [2H]c1ccc2[se]c(-c3ccc(N)c(C)c3)nc2c1. The van der Waals surface area contributed by atoms with Crippen molar-refractivity contribution in [2.24, 2.45) is 0 Å². The molecule has 0 spiro atoms. The van der Waals surface area contributed by atoms with E-state index in [0.717, 1.165) is 26.9 Å². The molecule has 0 radical (unpaired) electrons. The Hall–Kier alpha value is -1.57. The molecule has 0 aliphatic carbocycles. The average molecular weight is 288 g/mol. The van der Waals surface area contributed by atoms with Crippen LogP contribution in [0.1, 0.15) is 6.93 Å². The van der Waals surface area contributed by atoms with Crippen molar-refractivity contribution in [3.05, 3.63) is 48.0 Å². The fourth-order valence-corrected chi connectivity index (χ4v) is 3.73. The maximum absolute atomic E-state index is 7.62. The molecule has 0 saturated heterocycles. The van der Waals surface area contributed by atoms with Gasteiger partial charge in [0, 0.05) is 0 Å². The van der Waals surface area contributed by atoms with Crippen LogP contribution in [0.2, 0.25) is 0 Å². The first-order valence-electron chi connectivity index (χ1n) is 5.87. The number of nitrogens with two attached hydrogens (primary N) is 1. The maximum atomic E-state index is 7.62. The first-order chi connectivity index (χ1) is 8.63. The van der Waals surface area contributed by atoms with Gasteiger partial charge in [0.25, 0.3) is 0 Å². The average Bonchev–Trinajstić information content (AvgIpc) is 2.75. The van der Waals surface area contributed by atoms with Crippen molar-refractivity contribution in [2.45, 2.75) is 6.92 Å². The molecular formula is C14H12N2Se. The topological polar surface area (TPSA) is 38.9 Å². The second-order valence-electron chi connectivity index (χ2n) is 3.98. The summed E-state index contributed by atoms with van der Waals surface area (Å²) in [5, 5.41) is 0. The summed E-state index contributed by atoms with van der Waals surface area (Å²) < 4.78 is 9.99. The molecule has 84 valence electrons. The van der Waals surface area contributed by atoms with Gasteiger partial charge in [0.05, 0.1) is 0 Å². The molecule has 1 aromatic heterocycles. The summed E-state index contributed by atoms with van der Waals surface area (Å²) in [6.07, 6.45) is 0. The van der Waals surface area contributed by atoms with Crippen LogP contribution in [0.25, 0.3) is 19.9 Å². The third kappa shape index (κ3) is 1.88. The molecule has 0 bridgehead atoms. The van der Waals surface area contributed by atoms with Gasteiger partial charge in [-0.1, -0.05) is 0 Å². The van der Waals surface area contributed by atoms with Gasteiger partial charge in [0.15, 0.2) is 0 Å². The van der Waals surface area contributed by atoms with Gasteiger partial charge < -0.3 is 0 Å². The molecule has 0 atom stereocenters. The van der Waals surface area contributed by atoms with Gasteiger partial charge in [0.2, 0.25) is 0 Å². The molecule has 2 nitrogen and oxygen atoms in total. The number of benzene rings is 2. The second-order valence-corrected chi connectivity index (χ2v) is 6.15. The number of nitrogens with zero attached hydrogens (tertiary/aromatic N) is 1. The molecule has 2 N–H and O–H groups in total. The molecule has 0 aliphatic heterocycles. The van der Waals surface area contributed by atoms with Crippen LogP contribution in [0.15, 0.2) is 42.4 Å². The molecule has 0 aliphatic rings. The molecule has 3 rings (SSSR count). The van der Waals surface area contributed by atoms with Crippen molar-refractivity contribution in [1.29, 1.82) is 0 Å². The minimum absolute atomic E-state index is 0.228. The molecular weight excluding hydrogens is 275 g/mol. The van der Waals surface area contributed by atoms with Gasteiger partial charge in [-0.3, -0.25) is 0 Å². The monoisotopic (exact) mass is 289 g/mol. The number of hydrogen-bond acceptors (Lipinski definition) is 2. The number of rotatable bonds is 1. The van der Waals surface area contributed by atoms with E-state index in [4.69, 9.17) is 7.10 Å². The zero-order valence-electron chi connectivity index (χ0n) is 10.4. The van der Waals surface area contributed by atoms with Crippen LogP contribution < -0.4 is 5.73 Å². The van der Waals surface area contributed by atoms with Gasteiger partial charge >= 0.3 is 107 Å². The minimum atomic E-state index is 0.228. The van der Waals surface area contributed by atoms with Crippen molar-refractivity contribution in [3.63, 3.8) is 0 Å². The Labute approximate surface area is 107 Å². The zero-order chi connectivity index (χ0) is 12.7. The van der Waals surface area contributed by atoms with E-state index in [1.165, 1.54) is 4.26 Å². The Morgan fingerprint density at radius 3 is 3.00 bits per heavy atom. The van der Waals surface area contributed by atoms with E-state index in [9.17, 15) is 0 Å². The fourth-order valence-electron chi connectivity index (χ4n) is 1.75. The standard InChI is InChI=1S/C14H12N2Se/c1-9-8-10(6-7-11(9)15)14-16-12-4-2-3-5-13(12)17-14/h2-8H,15H2,1H3/i2D. The summed E-state index contributed by atoms with van der Waals surface area (Å²) in [7, 11) is 0. The Morgan fingerprint density at radius 2 is 2.18 bits per heavy atom. The Bertz CT molecular complexity index is 734. The van der Waals surface area contributed by atoms with Crippen molar-refractivity contribution in [1.82, 2.24) is 4.98 Å². The van der Waals surface area contributed by atoms with Gasteiger partial charge in [-0.15, -0.1) is 0 Å². The number of para-hydroxylation sites is 1. The van der Waals surface area contributed by atoms with E-state index in [2.05, 4.69) is 11.1 Å². The van der Waals surface area contributed by atoms with Crippen LogP contribution in [-0.4, -0.2) is 19.5 Å². The summed E-state index contributed by atoms with van der Waals surface area (Å²) in [5.41, 5.74) is 9.83. The van der Waals surface area contributed by atoms with Gasteiger partial charge in [-0.2, -0.15) is 0 Å². The van der Waals surface area contributed by atoms with Gasteiger partial charge in [-0.25, -0.2) is 0 Å². The van der Waals surface area contributed by atoms with Crippen LogP contribution in [0.5, 0.6) is 0 Å². The number of nitrogen functional groups attached to an aromatic ring is 1. The third-order valence-corrected chi connectivity index (χ3v) is 5.03. The predicted octanol–water partition coefficient (Wildman–Crippen LogP) is 2.85. The molecule has 2 aromatic carbocycles. The summed E-state index contributed by atoms with van der Waals surface area (Å²) in [6.45, 7) is 2.01. The van der Waals surface area contributed by atoms with Crippen molar-refractivity contribution >= 4 is 30.0 Å². The number of aryl methyl sites for hydroxylation is 1. The molecule has 0 unspecified atom stereocenters. The Balaban J connectivity index is 2.16. The number of fused-ring (bicyclic) bond motifs is 1. The number of hydrogen-bond donors (Lipinski definition) is 1. The van der Waals surface area contributed by atoms with E-state index in [1.807, 2.05) is 37.3 Å². The zero-order valence-corrected chi connectivity index (χ0v) is 11.1. The van der Waals surface area contributed by atoms with E-state index >= 15 is 0 Å². The summed E-state index contributed by atoms with van der Waals surface area (Å²) in [5.74, 6) is 0. The molecule has 0 saturated carbocycles. The van der Waals surface area contributed by atoms with E-state index in [-0.39, 0.29) is 14.5 Å². The summed E-state index contributed by atoms with van der Waals surface area (Å²) in [6, 6.07) is 12.2. The second kappa shape index (κ2) is 4.02. The van der Waals surface area contributed by atoms with Crippen molar-refractivity contribution in [3.8, 4) is 10.1 Å². The van der Waals surface area contributed by atoms with Gasteiger partial charge in [-0.05, 0) is 0 Å². The van der Waals surface area contributed by atoms with Crippen LogP contribution in [0.3, 0.4) is 0 Å². The normalized spacial score (nSPS) is 11.7. The third-order valence-electron chi connectivity index (χ3n) is 2.75. The fraction of sp³-hybridized carbons (Fsp3) is 0.0714. The molecule has 3 heteroatoms. The van der Waals surface area contributed by atoms with Crippen LogP contribution in [-0.2, 0) is 0 Å². The summed E-state index contributed by atoms with van der Waals surface area (Å²) >= 11 is 0.228. The van der Waals surface area contributed by atoms with Crippen molar-refractivity contribution in [2.75, 3.05) is 5.73 Å². The molecule has 17 heavy (non-hydrogen) atoms. The van der Waals surface area contributed by atoms with Crippen LogP contribution >= 0.6 is 0 Å². The predicted molar refractivity (Wildman–Crippen MR) is 73.3 cm³/mol. The molecule has 1 heterocycles. The number of anilines is 1. The molecule has 3 aromatic rings. The summed E-state index contributed by atoms with van der Waals surface area (Å²) in [4.78, 5) is 4.64. The first kappa shape index (κ1) is 9.46. The van der Waals surface area contributed by atoms with Crippen LogP contribution in [0, 0.1) is 6.92 Å². The van der Waals surface area contributed by atoms with Crippen molar-refractivity contribution < 1.29 is 1.37 Å². The van der Waals surface area contributed by atoms with E-state index in [1.54, 1.807) is 0 Å². The molecule has 0 amide bonds. The Morgan fingerprint density at radius 1 is 1.29 bits per heavy atom. The first-order valence-corrected chi connectivity index (χ1v) is 7.08.